The van der Waals surface area contributed by atoms with Crippen molar-refractivity contribution in [1.82, 2.24) is 10.8 Å². The lowest BCUT2D eigenvalue weighted by atomic mass is 10.00. The highest BCUT2D eigenvalue weighted by molar-refractivity contribution is 6.30. The first-order valence-corrected chi connectivity index (χ1v) is 8.54. The van der Waals surface area contributed by atoms with Crippen molar-refractivity contribution in [3.05, 3.63) is 34.9 Å². The number of carbonyl (C=O) groups is 2. The molecule has 0 aliphatic heterocycles. The Morgan fingerprint density at radius 2 is 1.88 bits per heavy atom. The quantitative estimate of drug-likeness (QED) is 0.217. The van der Waals surface area contributed by atoms with Crippen LogP contribution in [0.25, 0.3) is 0 Å². The molecule has 0 aromatic heterocycles. The van der Waals surface area contributed by atoms with E-state index >= 15 is 0 Å². The van der Waals surface area contributed by atoms with Crippen molar-refractivity contribution < 1.29 is 29.0 Å². The third kappa shape index (κ3) is 8.11. The molecule has 2 amide bonds. The average molecular weight is 389 g/mol. The fourth-order valence-corrected chi connectivity index (χ4v) is 2.38. The van der Waals surface area contributed by atoms with Crippen LogP contribution in [0.2, 0.25) is 5.02 Å². The molecule has 0 fully saturated rings. The minimum absolute atomic E-state index is 0.0744. The maximum atomic E-state index is 12.4. The van der Waals surface area contributed by atoms with E-state index in [1.165, 1.54) is 7.11 Å². The molecule has 0 bridgehead atoms. The van der Waals surface area contributed by atoms with Gasteiger partial charge in [0.1, 0.15) is 6.79 Å². The molecule has 2 unspecified atom stereocenters. The summed E-state index contributed by atoms with van der Waals surface area (Å²) in [5.74, 6) is -1.58. The van der Waals surface area contributed by atoms with E-state index in [1.54, 1.807) is 29.7 Å². The van der Waals surface area contributed by atoms with Gasteiger partial charge in [-0.1, -0.05) is 11.6 Å². The largest absolute Gasteiger partial charge is 0.384 e. The van der Waals surface area contributed by atoms with Gasteiger partial charge in [0.15, 0.2) is 0 Å². The van der Waals surface area contributed by atoms with Crippen molar-refractivity contribution in [2.75, 3.05) is 33.7 Å². The fraction of sp³-hybridized carbons (Fsp3) is 0.529. The Balaban J connectivity index is 2.76. The van der Waals surface area contributed by atoms with E-state index in [2.05, 4.69) is 5.32 Å². The van der Waals surface area contributed by atoms with Crippen LogP contribution >= 0.6 is 11.6 Å². The Kier molecular flexibility index (Phi) is 10.8. The van der Waals surface area contributed by atoms with Crippen molar-refractivity contribution in [2.45, 2.75) is 19.4 Å². The highest BCUT2D eigenvalue weighted by Crippen LogP contribution is 2.12. The van der Waals surface area contributed by atoms with E-state index in [-0.39, 0.29) is 32.3 Å². The summed E-state index contributed by atoms with van der Waals surface area (Å²) in [4.78, 5) is 24.2. The molecule has 146 valence electrons. The second-order valence-corrected chi connectivity index (χ2v) is 5.96. The Morgan fingerprint density at radius 1 is 1.19 bits per heavy atom. The molecule has 0 heterocycles. The van der Waals surface area contributed by atoms with Crippen LogP contribution in [0.15, 0.2) is 24.3 Å². The van der Waals surface area contributed by atoms with Gasteiger partial charge in [0, 0.05) is 24.3 Å². The number of methoxy groups -OCH3 is 1. The SMILES string of the molecule is CCOCOCC(CC(COC)C(=O)NO)NC(=O)c1ccc(Cl)cc1. The van der Waals surface area contributed by atoms with Gasteiger partial charge in [-0.3, -0.25) is 14.8 Å². The predicted octanol–water partition coefficient (Wildman–Crippen LogP) is 1.61. The van der Waals surface area contributed by atoms with Crippen LogP contribution in [0.4, 0.5) is 0 Å². The van der Waals surface area contributed by atoms with Crippen molar-refractivity contribution in [3.8, 4) is 0 Å². The third-order valence-corrected chi connectivity index (χ3v) is 3.80. The molecule has 1 rings (SSSR count). The fourth-order valence-electron chi connectivity index (χ4n) is 2.26. The summed E-state index contributed by atoms with van der Waals surface area (Å²) in [6.45, 7) is 2.64. The van der Waals surface area contributed by atoms with Crippen molar-refractivity contribution in [2.24, 2.45) is 5.92 Å². The number of halogens is 1. The zero-order valence-electron chi connectivity index (χ0n) is 14.9. The van der Waals surface area contributed by atoms with E-state index in [0.717, 1.165) is 0 Å². The number of carbonyl (C=O) groups excluding carboxylic acids is 2. The van der Waals surface area contributed by atoms with Crippen LogP contribution in [0.3, 0.4) is 0 Å². The van der Waals surface area contributed by atoms with Crippen LogP contribution in [-0.2, 0) is 19.0 Å². The first-order chi connectivity index (χ1) is 12.5. The van der Waals surface area contributed by atoms with Crippen LogP contribution in [-0.4, -0.2) is 56.8 Å². The maximum absolute atomic E-state index is 12.4. The van der Waals surface area contributed by atoms with Gasteiger partial charge in [-0.05, 0) is 37.6 Å². The number of hydrogen-bond donors (Lipinski definition) is 3. The van der Waals surface area contributed by atoms with Crippen LogP contribution in [0.5, 0.6) is 0 Å². The minimum Gasteiger partial charge on any atom is -0.384 e. The Labute approximate surface area is 157 Å². The van der Waals surface area contributed by atoms with Gasteiger partial charge in [0.25, 0.3) is 5.91 Å². The summed E-state index contributed by atoms with van der Waals surface area (Å²) in [6, 6.07) is 5.94. The number of ether oxygens (including phenoxy) is 3. The molecule has 0 aliphatic carbocycles. The zero-order valence-corrected chi connectivity index (χ0v) is 15.6. The average Bonchev–Trinajstić information content (AvgIpc) is 2.64. The second kappa shape index (κ2) is 12.6. The topological polar surface area (TPSA) is 106 Å². The maximum Gasteiger partial charge on any atom is 0.251 e. The molecule has 0 spiro atoms. The second-order valence-electron chi connectivity index (χ2n) is 5.52. The summed E-state index contributed by atoms with van der Waals surface area (Å²) >= 11 is 5.83. The number of nitrogens with one attached hydrogen (secondary N) is 2. The molecule has 3 N–H and O–H groups in total. The Morgan fingerprint density at radius 3 is 2.46 bits per heavy atom. The van der Waals surface area contributed by atoms with Gasteiger partial charge in [0.05, 0.1) is 25.2 Å². The van der Waals surface area contributed by atoms with E-state index in [9.17, 15) is 9.59 Å². The molecule has 0 saturated carbocycles. The molecule has 1 aromatic carbocycles. The summed E-state index contributed by atoms with van der Waals surface area (Å²) in [5.41, 5.74) is 2.04. The lowest BCUT2D eigenvalue weighted by Crippen LogP contribution is -2.43. The zero-order chi connectivity index (χ0) is 19.4. The van der Waals surface area contributed by atoms with Crippen LogP contribution in [0.1, 0.15) is 23.7 Å². The molecule has 1 aromatic rings. The normalized spacial score (nSPS) is 13.1. The Bertz CT molecular complexity index is 555. The van der Waals surface area contributed by atoms with Gasteiger partial charge >= 0.3 is 0 Å². The highest BCUT2D eigenvalue weighted by atomic mass is 35.5. The molecule has 0 saturated heterocycles. The number of benzene rings is 1. The van der Waals surface area contributed by atoms with E-state index in [4.69, 9.17) is 31.0 Å². The number of hydroxylamine groups is 1. The molecular weight excluding hydrogens is 364 g/mol. The first-order valence-electron chi connectivity index (χ1n) is 8.16. The molecule has 0 radical (unpaired) electrons. The summed E-state index contributed by atoms with van der Waals surface area (Å²) in [7, 11) is 1.45. The smallest absolute Gasteiger partial charge is 0.251 e. The summed E-state index contributed by atoms with van der Waals surface area (Å²) in [6.07, 6.45) is 0.214. The van der Waals surface area contributed by atoms with E-state index in [1.807, 2.05) is 6.92 Å². The van der Waals surface area contributed by atoms with Gasteiger partial charge in [0.2, 0.25) is 5.91 Å². The third-order valence-electron chi connectivity index (χ3n) is 3.55. The lowest BCUT2D eigenvalue weighted by Gasteiger charge is -2.23. The monoisotopic (exact) mass is 388 g/mol. The first kappa shape index (κ1) is 22.3. The highest BCUT2D eigenvalue weighted by Gasteiger charge is 2.24. The Hall–Kier alpha value is -1.71. The molecular formula is C17H25ClN2O6. The van der Waals surface area contributed by atoms with E-state index < -0.39 is 17.9 Å². The van der Waals surface area contributed by atoms with Gasteiger partial charge < -0.3 is 19.5 Å². The van der Waals surface area contributed by atoms with Crippen molar-refractivity contribution in [1.29, 1.82) is 0 Å². The van der Waals surface area contributed by atoms with Crippen LogP contribution < -0.4 is 10.8 Å². The number of amides is 2. The summed E-state index contributed by atoms with van der Waals surface area (Å²) < 4.78 is 15.5. The molecule has 0 aliphatic rings. The van der Waals surface area contributed by atoms with Crippen LogP contribution in [0, 0.1) is 5.92 Å². The van der Waals surface area contributed by atoms with Gasteiger partial charge in [-0.25, -0.2) is 5.48 Å². The van der Waals surface area contributed by atoms with E-state index in [0.29, 0.717) is 17.2 Å². The summed E-state index contributed by atoms with van der Waals surface area (Å²) in [5, 5.41) is 12.2. The minimum atomic E-state index is -0.656. The number of rotatable bonds is 12. The molecule has 9 heteroatoms. The predicted molar refractivity (Wildman–Crippen MR) is 95.1 cm³/mol. The van der Waals surface area contributed by atoms with Crippen molar-refractivity contribution >= 4 is 23.4 Å². The molecule has 2 atom stereocenters. The molecule has 8 nitrogen and oxygen atoms in total. The van der Waals surface area contributed by atoms with Gasteiger partial charge in [-0.15, -0.1) is 0 Å². The van der Waals surface area contributed by atoms with Crippen molar-refractivity contribution in [3.63, 3.8) is 0 Å². The lowest BCUT2D eigenvalue weighted by molar-refractivity contribution is -0.135. The standard InChI is InChI=1S/C17H25ClN2O6/c1-3-25-11-26-10-15(8-13(9-24-2)17(22)20-23)19-16(21)12-4-6-14(18)7-5-12/h4-7,13,15,23H,3,8-11H2,1-2H3,(H,19,21)(H,20,22). The number of hydrogen-bond acceptors (Lipinski definition) is 6. The molecule has 26 heavy (non-hydrogen) atoms. The van der Waals surface area contributed by atoms with Gasteiger partial charge in [-0.2, -0.15) is 0 Å².